The first kappa shape index (κ1) is 24.3. The van der Waals surface area contributed by atoms with Gasteiger partial charge < -0.3 is 20.3 Å². The summed E-state index contributed by atoms with van der Waals surface area (Å²) >= 11 is 0. The van der Waals surface area contributed by atoms with E-state index in [-0.39, 0.29) is 30.1 Å². The average Bonchev–Trinajstić information content (AvgIpc) is 2.97. The molecule has 27 heavy (non-hydrogen) atoms. The SMILES string of the molecule is CC(C)CN1CCC[C@@H]1CN=C(N)N1CCN(C(=O)OC(C)(C)C)CC1.I. The van der Waals surface area contributed by atoms with Crippen LogP contribution in [0.2, 0.25) is 0 Å². The summed E-state index contributed by atoms with van der Waals surface area (Å²) < 4.78 is 5.43. The first-order chi connectivity index (χ1) is 12.2. The third-order valence-corrected chi connectivity index (χ3v) is 4.82. The molecule has 0 bridgehead atoms. The molecule has 0 radical (unpaired) electrons. The molecule has 7 nitrogen and oxygen atoms in total. The Morgan fingerprint density at radius 1 is 1.15 bits per heavy atom. The lowest BCUT2D eigenvalue weighted by Gasteiger charge is -2.36. The molecule has 0 aliphatic carbocycles. The van der Waals surface area contributed by atoms with Crippen LogP contribution in [0.1, 0.15) is 47.5 Å². The zero-order chi connectivity index (χ0) is 19.3. The van der Waals surface area contributed by atoms with Gasteiger partial charge in [0.05, 0.1) is 6.54 Å². The van der Waals surface area contributed by atoms with Crippen molar-refractivity contribution < 1.29 is 9.53 Å². The highest BCUT2D eigenvalue weighted by Crippen LogP contribution is 2.19. The highest BCUT2D eigenvalue weighted by atomic mass is 127. The van der Waals surface area contributed by atoms with E-state index in [0.717, 1.165) is 13.1 Å². The van der Waals surface area contributed by atoms with E-state index >= 15 is 0 Å². The summed E-state index contributed by atoms with van der Waals surface area (Å²) in [6.45, 7) is 15.9. The molecule has 2 saturated heterocycles. The summed E-state index contributed by atoms with van der Waals surface area (Å²) in [7, 11) is 0. The van der Waals surface area contributed by atoms with Gasteiger partial charge in [-0.3, -0.25) is 9.89 Å². The normalized spacial score (nSPS) is 22.1. The molecular weight excluding hydrogens is 457 g/mol. The van der Waals surface area contributed by atoms with Crippen LogP contribution in [0, 0.1) is 5.92 Å². The minimum Gasteiger partial charge on any atom is -0.444 e. The molecule has 0 unspecified atom stereocenters. The quantitative estimate of drug-likeness (QED) is 0.369. The van der Waals surface area contributed by atoms with Gasteiger partial charge in [0.1, 0.15) is 5.60 Å². The zero-order valence-corrected chi connectivity index (χ0v) is 19.9. The third kappa shape index (κ3) is 8.01. The van der Waals surface area contributed by atoms with Crippen molar-refractivity contribution in [3.05, 3.63) is 0 Å². The van der Waals surface area contributed by atoms with Gasteiger partial charge in [-0.1, -0.05) is 13.8 Å². The van der Waals surface area contributed by atoms with E-state index in [1.54, 1.807) is 4.90 Å². The fourth-order valence-corrected chi connectivity index (χ4v) is 3.55. The Labute approximate surface area is 181 Å². The third-order valence-electron chi connectivity index (χ3n) is 4.82. The molecule has 2 aliphatic heterocycles. The largest absolute Gasteiger partial charge is 0.444 e. The second-order valence-corrected chi connectivity index (χ2v) is 8.84. The molecule has 1 atom stereocenters. The highest BCUT2D eigenvalue weighted by Gasteiger charge is 2.27. The Kier molecular flexibility index (Phi) is 9.61. The highest BCUT2D eigenvalue weighted by molar-refractivity contribution is 14.0. The number of amides is 1. The van der Waals surface area contributed by atoms with E-state index in [2.05, 4.69) is 28.6 Å². The summed E-state index contributed by atoms with van der Waals surface area (Å²) in [4.78, 5) is 23.2. The molecule has 0 spiro atoms. The molecule has 2 fully saturated rings. The van der Waals surface area contributed by atoms with Gasteiger partial charge in [0.25, 0.3) is 0 Å². The number of piperazine rings is 1. The van der Waals surface area contributed by atoms with Crippen LogP contribution in [-0.4, -0.2) is 84.2 Å². The Balaban J connectivity index is 0.00000364. The fraction of sp³-hybridized carbons (Fsp3) is 0.895. The van der Waals surface area contributed by atoms with Crippen molar-refractivity contribution in [3.63, 3.8) is 0 Å². The minimum atomic E-state index is -0.460. The summed E-state index contributed by atoms with van der Waals surface area (Å²) in [5.74, 6) is 1.28. The van der Waals surface area contributed by atoms with E-state index in [9.17, 15) is 4.79 Å². The number of nitrogens with zero attached hydrogens (tertiary/aromatic N) is 4. The van der Waals surface area contributed by atoms with Crippen LogP contribution in [0.5, 0.6) is 0 Å². The van der Waals surface area contributed by atoms with Crippen molar-refractivity contribution in [2.24, 2.45) is 16.6 Å². The van der Waals surface area contributed by atoms with E-state index in [1.807, 2.05) is 20.8 Å². The number of rotatable bonds is 4. The fourth-order valence-electron chi connectivity index (χ4n) is 3.55. The number of carbonyl (C=O) groups is 1. The molecule has 0 aromatic rings. The number of guanidine groups is 1. The molecule has 2 heterocycles. The monoisotopic (exact) mass is 495 g/mol. The van der Waals surface area contributed by atoms with E-state index in [1.165, 1.54) is 19.4 Å². The number of aliphatic imine (C=N–C) groups is 1. The predicted octanol–water partition coefficient (Wildman–Crippen LogP) is 2.59. The van der Waals surface area contributed by atoms with Gasteiger partial charge in [0, 0.05) is 38.8 Å². The van der Waals surface area contributed by atoms with E-state index < -0.39 is 5.60 Å². The van der Waals surface area contributed by atoms with E-state index in [0.29, 0.717) is 44.1 Å². The van der Waals surface area contributed by atoms with Crippen LogP contribution in [0.25, 0.3) is 0 Å². The maximum absolute atomic E-state index is 12.1. The molecule has 158 valence electrons. The molecule has 8 heteroatoms. The maximum atomic E-state index is 12.1. The lowest BCUT2D eigenvalue weighted by atomic mass is 10.2. The molecular formula is C19H38IN5O2. The van der Waals surface area contributed by atoms with Crippen LogP contribution >= 0.6 is 24.0 Å². The second kappa shape index (κ2) is 10.7. The molecule has 0 aromatic heterocycles. The first-order valence-electron chi connectivity index (χ1n) is 9.92. The van der Waals surface area contributed by atoms with Crippen molar-refractivity contribution in [2.45, 2.75) is 59.1 Å². The van der Waals surface area contributed by atoms with Crippen molar-refractivity contribution in [1.29, 1.82) is 0 Å². The second-order valence-electron chi connectivity index (χ2n) is 8.84. The zero-order valence-electron chi connectivity index (χ0n) is 17.6. The van der Waals surface area contributed by atoms with Gasteiger partial charge in [-0.05, 0) is 46.1 Å². The first-order valence-corrected chi connectivity index (χ1v) is 9.92. The Hall–Kier alpha value is -0.770. The van der Waals surface area contributed by atoms with Gasteiger partial charge in [-0.25, -0.2) is 4.79 Å². The van der Waals surface area contributed by atoms with Gasteiger partial charge in [-0.15, -0.1) is 24.0 Å². The van der Waals surface area contributed by atoms with Gasteiger partial charge in [0.2, 0.25) is 0 Å². The lowest BCUT2D eigenvalue weighted by molar-refractivity contribution is 0.0186. The molecule has 2 N–H and O–H groups in total. The Bertz CT molecular complexity index is 499. The lowest BCUT2D eigenvalue weighted by Crippen LogP contribution is -2.53. The Morgan fingerprint density at radius 2 is 1.74 bits per heavy atom. The average molecular weight is 495 g/mol. The summed E-state index contributed by atoms with van der Waals surface area (Å²) in [5.41, 5.74) is 5.76. The standard InChI is InChI=1S/C19H37N5O2.HI/c1-15(2)14-24-8-6-7-16(24)13-21-17(20)22-9-11-23(12-10-22)18(25)26-19(3,4)5;/h15-16H,6-14H2,1-5H3,(H2,20,21);1H/t16-;/m1./s1. The number of ether oxygens (including phenoxy) is 1. The molecule has 0 aromatic carbocycles. The van der Waals surface area contributed by atoms with Crippen LogP contribution in [0.4, 0.5) is 4.79 Å². The summed E-state index contributed by atoms with van der Waals surface area (Å²) in [6.07, 6.45) is 2.21. The summed E-state index contributed by atoms with van der Waals surface area (Å²) in [6, 6.07) is 0.513. The van der Waals surface area contributed by atoms with E-state index in [4.69, 9.17) is 10.5 Å². The predicted molar refractivity (Wildman–Crippen MR) is 121 cm³/mol. The molecule has 1 amide bonds. The van der Waals surface area contributed by atoms with Crippen LogP contribution < -0.4 is 5.73 Å². The number of hydrogen-bond donors (Lipinski definition) is 1. The minimum absolute atomic E-state index is 0. The molecule has 0 saturated carbocycles. The van der Waals surface area contributed by atoms with Gasteiger partial charge >= 0.3 is 6.09 Å². The van der Waals surface area contributed by atoms with Crippen molar-refractivity contribution in [1.82, 2.24) is 14.7 Å². The van der Waals surface area contributed by atoms with Crippen molar-refractivity contribution in [3.8, 4) is 0 Å². The maximum Gasteiger partial charge on any atom is 0.410 e. The Morgan fingerprint density at radius 3 is 2.30 bits per heavy atom. The number of hydrogen-bond acceptors (Lipinski definition) is 4. The van der Waals surface area contributed by atoms with Crippen molar-refractivity contribution >= 4 is 36.0 Å². The number of nitrogens with two attached hydrogens (primary N) is 1. The van der Waals surface area contributed by atoms with Gasteiger partial charge in [-0.2, -0.15) is 0 Å². The van der Waals surface area contributed by atoms with Gasteiger partial charge in [0.15, 0.2) is 5.96 Å². The van der Waals surface area contributed by atoms with Crippen LogP contribution in [0.3, 0.4) is 0 Å². The van der Waals surface area contributed by atoms with Crippen LogP contribution in [-0.2, 0) is 4.74 Å². The number of carbonyl (C=O) groups excluding carboxylic acids is 1. The number of halogens is 1. The topological polar surface area (TPSA) is 74.4 Å². The van der Waals surface area contributed by atoms with Crippen LogP contribution in [0.15, 0.2) is 4.99 Å². The molecule has 2 rings (SSSR count). The summed E-state index contributed by atoms with van der Waals surface area (Å²) in [5, 5.41) is 0. The smallest absolute Gasteiger partial charge is 0.410 e. The van der Waals surface area contributed by atoms with Crippen molar-refractivity contribution in [2.75, 3.05) is 45.8 Å². The molecule has 2 aliphatic rings. The number of likely N-dealkylation sites (tertiary alicyclic amines) is 1.